The van der Waals surface area contributed by atoms with Crippen LogP contribution < -0.4 is 5.32 Å². The first kappa shape index (κ1) is 21.1. The van der Waals surface area contributed by atoms with E-state index in [0.29, 0.717) is 12.8 Å². The zero-order valence-corrected chi connectivity index (χ0v) is 17.8. The maximum atomic E-state index is 12.9. The van der Waals surface area contributed by atoms with Crippen LogP contribution in [0.4, 0.5) is 5.69 Å². The molecule has 1 saturated heterocycles. The van der Waals surface area contributed by atoms with Crippen molar-refractivity contribution < 1.29 is 13.2 Å². The van der Waals surface area contributed by atoms with Crippen molar-refractivity contribution in [3.63, 3.8) is 0 Å². The average Bonchev–Trinajstić information content (AvgIpc) is 2.68. The molecule has 0 radical (unpaired) electrons. The Morgan fingerprint density at radius 3 is 2.32 bits per heavy atom. The van der Waals surface area contributed by atoms with E-state index in [2.05, 4.69) is 12.2 Å². The van der Waals surface area contributed by atoms with Crippen LogP contribution in [0.15, 0.2) is 47.4 Å². The molecular formula is C20H22Cl2N2O3S. The third kappa shape index (κ3) is 4.51. The van der Waals surface area contributed by atoms with Crippen molar-refractivity contribution >= 4 is 44.8 Å². The van der Waals surface area contributed by atoms with Crippen molar-refractivity contribution in [1.29, 1.82) is 0 Å². The van der Waals surface area contributed by atoms with Gasteiger partial charge in [-0.15, -0.1) is 0 Å². The van der Waals surface area contributed by atoms with Gasteiger partial charge in [0.1, 0.15) is 4.90 Å². The molecule has 8 heteroatoms. The minimum atomic E-state index is -3.80. The van der Waals surface area contributed by atoms with Gasteiger partial charge in [0.2, 0.25) is 15.9 Å². The van der Waals surface area contributed by atoms with Crippen molar-refractivity contribution in [2.24, 2.45) is 5.92 Å². The van der Waals surface area contributed by atoms with E-state index < -0.39 is 10.0 Å². The zero-order valence-electron chi connectivity index (χ0n) is 15.5. The molecule has 5 nitrogen and oxygen atoms in total. The van der Waals surface area contributed by atoms with Gasteiger partial charge in [0, 0.05) is 24.7 Å². The number of carbonyl (C=O) groups excluding carboxylic acids is 1. The van der Waals surface area contributed by atoms with Crippen LogP contribution in [0.5, 0.6) is 0 Å². The molecule has 1 aliphatic rings. The quantitative estimate of drug-likeness (QED) is 0.738. The van der Waals surface area contributed by atoms with Gasteiger partial charge in [-0.05, 0) is 49.1 Å². The highest BCUT2D eigenvalue weighted by Crippen LogP contribution is 2.33. The highest BCUT2D eigenvalue weighted by atomic mass is 35.5. The number of hydrogen-bond acceptors (Lipinski definition) is 3. The molecule has 1 N–H and O–H groups in total. The third-order valence-corrected chi connectivity index (χ3v) is 7.80. The Bertz CT molecular complexity index is 951. The van der Waals surface area contributed by atoms with Gasteiger partial charge in [-0.1, -0.05) is 48.3 Å². The summed E-state index contributed by atoms with van der Waals surface area (Å²) in [6, 6.07) is 12.4. The molecule has 2 aromatic carbocycles. The summed E-state index contributed by atoms with van der Waals surface area (Å²) in [7, 11) is -3.80. The summed E-state index contributed by atoms with van der Waals surface area (Å²) in [6.07, 6.45) is 1.78. The van der Waals surface area contributed by atoms with Gasteiger partial charge in [0.05, 0.1) is 10.0 Å². The number of amides is 1. The van der Waals surface area contributed by atoms with E-state index in [1.54, 1.807) is 6.07 Å². The summed E-state index contributed by atoms with van der Waals surface area (Å²) in [5, 5.41) is 3.14. The number of anilines is 1. The smallest absolute Gasteiger partial charge is 0.246 e. The fourth-order valence-corrected chi connectivity index (χ4v) is 5.89. The maximum absolute atomic E-state index is 12.9. The van der Waals surface area contributed by atoms with Crippen LogP contribution in [0.25, 0.3) is 0 Å². The SMILES string of the molecule is CCc1cccc(NC(=O)C2CCN(S(=O)(=O)c3c(Cl)cccc3Cl)CC2)c1. The Labute approximate surface area is 175 Å². The van der Waals surface area contributed by atoms with Crippen LogP contribution in [-0.4, -0.2) is 31.7 Å². The topological polar surface area (TPSA) is 66.5 Å². The second kappa shape index (κ2) is 8.82. The fraction of sp³-hybridized carbons (Fsp3) is 0.350. The average molecular weight is 441 g/mol. The lowest BCUT2D eigenvalue weighted by molar-refractivity contribution is -0.120. The largest absolute Gasteiger partial charge is 0.326 e. The van der Waals surface area contributed by atoms with E-state index in [-0.39, 0.29) is 39.9 Å². The predicted molar refractivity (Wildman–Crippen MR) is 112 cm³/mol. The van der Waals surface area contributed by atoms with Crippen LogP contribution in [0.2, 0.25) is 10.0 Å². The van der Waals surface area contributed by atoms with Crippen molar-refractivity contribution in [2.75, 3.05) is 18.4 Å². The standard InChI is InChI=1S/C20H22Cl2N2O3S/c1-2-14-5-3-6-16(13-14)23-20(25)15-9-11-24(12-10-15)28(26,27)19-17(21)7-4-8-18(19)22/h3-8,13,15H,2,9-12H2,1H3,(H,23,25). The van der Waals surface area contributed by atoms with Crippen molar-refractivity contribution in [3.8, 4) is 0 Å². The number of sulfonamides is 1. The molecule has 3 rings (SSSR count). The Morgan fingerprint density at radius 2 is 1.71 bits per heavy atom. The minimum Gasteiger partial charge on any atom is -0.326 e. The highest BCUT2D eigenvalue weighted by Gasteiger charge is 2.34. The lowest BCUT2D eigenvalue weighted by atomic mass is 9.97. The van der Waals surface area contributed by atoms with E-state index in [1.807, 2.05) is 24.3 Å². The zero-order chi connectivity index (χ0) is 20.3. The maximum Gasteiger partial charge on any atom is 0.246 e. The molecule has 150 valence electrons. The third-order valence-electron chi connectivity index (χ3n) is 4.94. The van der Waals surface area contributed by atoms with Gasteiger partial charge in [-0.3, -0.25) is 4.79 Å². The summed E-state index contributed by atoms with van der Waals surface area (Å²) in [6.45, 7) is 2.55. The molecule has 0 saturated carbocycles. The lowest BCUT2D eigenvalue weighted by Crippen LogP contribution is -2.41. The van der Waals surface area contributed by atoms with E-state index in [4.69, 9.17) is 23.2 Å². The number of carbonyl (C=O) groups is 1. The van der Waals surface area contributed by atoms with Gasteiger partial charge in [0.25, 0.3) is 0 Å². The summed E-state index contributed by atoms with van der Waals surface area (Å²) in [5.41, 5.74) is 1.91. The van der Waals surface area contributed by atoms with Crippen molar-refractivity contribution in [2.45, 2.75) is 31.1 Å². The molecule has 0 bridgehead atoms. The first-order valence-electron chi connectivity index (χ1n) is 9.17. The number of rotatable bonds is 5. The lowest BCUT2D eigenvalue weighted by Gasteiger charge is -2.31. The first-order valence-corrected chi connectivity index (χ1v) is 11.4. The Kier molecular flexibility index (Phi) is 6.65. The van der Waals surface area contributed by atoms with Gasteiger partial charge in [-0.25, -0.2) is 8.42 Å². The Balaban J connectivity index is 1.66. The molecule has 28 heavy (non-hydrogen) atoms. The van der Waals surface area contributed by atoms with Crippen LogP contribution >= 0.6 is 23.2 Å². The molecule has 1 amide bonds. The number of halogens is 2. The number of benzene rings is 2. The molecule has 0 unspecified atom stereocenters. The molecule has 0 aliphatic carbocycles. The normalized spacial score (nSPS) is 16.1. The number of nitrogens with one attached hydrogen (secondary N) is 1. The van der Waals surface area contributed by atoms with E-state index in [9.17, 15) is 13.2 Å². The monoisotopic (exact) mass is 440 g/mol. The second-order valence-electron chi connectivity index (χ2n) is 6.77. The summed E-state index contributed by atoms with van der Waals surface area (Å²) in [5.74, 6) is -0.320. The molecule has 1 fully saturated rings. The number of piperidine rings is 1. The van der Waals surface area contributed by atoms with Crippen LogP contribution in [-0.2, 0) is 21.2 Å². The molecule has 2 aromatic rings. The number of aryl methyl sites for hydroxylation is 1. The van der Waals surface area contributed by atoms with Gasteiger partial charge < -0.3 is 5.32 Å². The minimum absolute atomic E-state index is 0.0717. The van der Waals surface area contributed by atoms with E-state index in [0.717, 1.165) is 17.7 Å². The van der Waals surface area contributed by atoms with Gasteiger partial charge >= 0.3 is 0 Å². The highest BCUT2D eigenvalue weighted by molar-refractivity contribution is 7.89. The summed E-state index contributed by atoms with van der Waals surface area (Å²) >= 11 is 12.1. The first-order chi connectivity index (χ1) is 13.3. The van der Waals surface area contributed by atoms with Crippen molar-refractivity contribution in [3.05, 3.63) is 58.1 Å². The van der Waals surface area contributed by atoms with Crippen LogP contribution in [0.3, 0.4) is 0 Å². The molecule has 0 aromatic heterocycles. The Morgan fingerprint density at radius 1 is 1.11 bits per heavy atom. The molecule has 0 atom stereocenters. The predicted octanol–water partition coefficient (Wildman–Crippen LogP) is 4.60. The molecule has 0 spiro atoms. The molecule has 1 heterocycles. The number of nitrogens with zero attached hydrogens (tertiary/aromatic N) is 1. The van der Waals surface area contributed by atoms with Gasteiger partial charge in [0.15, 0.2) is 0 Å². The summed E-state index contributed by atoms with van der Waals surface area (Å²) in [4.78, 5) is 12.5. The van der Waals surface area contributed by atoms with E-state index in [1.165, 1.54) is 16.4 Å². The molecule has 1 aliphatic heterocycles. The fourth-order valence-electron chi connectivity index (χ4n) is 3.33. The summed E-state index contributed by atoms with van der Waals surface area (Å²) < 4.78 is 27.2. The molecular weight excluding hydrogens is 419 g/mol. The second-order valence-corrected chi connectivity index (χ2v) is 9.46. The number of hydrogen-bond donors (Lipinski definition) is 1. The van der Waals surface area contributed by atoms with Crippen LogP contribution in [0.1, 0.15) is 25.3 Å². The van der Waals surface area contributed by atoms with Crippen molar-refractivity contribution in [1.82, 2.24) is 4.31 Å². The van der Waals surface area contributed by atoms with E-state index >= 15 is 0 Å². The van der Waals surface area contributed by atoms with Crippen LogP contribution in [0, 0.1) is 5.92 Å². The Hall–Kier alpha value is -1.60. The van der Waals surface area contributed by atoms with Gasteiger partial charge in [-0.2, -0.15) is 4.31 Å².